The molecule has 0 radical (unpaired) electrons. The van der Waals surface area contributed by atoms with E-state index in [0.29, 0.717) is 34.1 Å². The van der Waals surface area contributed by atoms with E-state index in [1.807, 2.05) is 0 Å². The van der Waals surface area contributed by atoms with Crippen LogP contribution in [0.2, 0.25) is 0 Å². The number of aliphatic hydroxyl groups excluding tert-OH is 1. The van der Waals surface area contributed by atoms with E-state index < -0.39 is 30.3 Å². The molecule has 12 heteroatoms. The zero-order valence-corrected chi connectivity index (χ0v) is 20.6. The average molecular weight is 521 g/mol. The highest BCUT2D eigenvalue weighted by Gasteiger charge is 2.47. The number of hydrogen-bond acceptors (Lipinski definition) is 7. The maximum Gasteiger partial charge on any atom is 0.410 e. The van der Waals surface area contributed by atoms with Crippen LogP contribution in [0.1, 0.15) is 53.0 Å². The van der Waals surface area contributed by atoms with Crippen molar-refractivity contribution < 1.29 is 37.3 Å². The highest BCUT2D eigenvalue weighted by atomic mass is 19.4. The average Bonchev–Trinajstić information content (AvgIpc) is 3.31. The van der Waals surface area contributed by atoms with E-state index in [1.54, 1.807) is 43.3 Å². The van der Waals surface area contributed by atoms with Gasteiger partial charge < -0.3 is 30.0 Å². The summed E-state index contributed by atoms with van der Waals surface area (Å²) in [5.74, 6) is 0.193. The molecule has 2 heterocycles. The first-order chi connectivity index (χ1) is 17.6. The van der Waals surface area contributed by atoms with Crippen LogP contribution in [0.5, 0.6) is 17.2 Å². The summed E-state index contributed by atoms with van der Waals surface area (Å²) in [6, 6.07) is 6.81. The topological polar surface area (TPSA) is 107 Å². The van der Waals surface area contributed by atoms with Crippen molar-refractivity contribution >= 4 is 17.4 Å². The third-order valence-corrected chi connectivity index (χ3v) is 6.22. The van der Waals surface area contributed by atoms with E-state index in [2.05, 4.69) is 15.7 Å². The molecule has 4 rings (SSSR count). The fourth-order valence-electron chi connectivity index (χ4n) is 4.29. The number of amides is 1. The van der Waals surface area contributed by atoms with Crippen LogP contribution in [0.3, 0.4) is 0 Å². The Morgan fingerprint density at radius 3 is 2.27 bits per heavy atom. The first kappa shape index (κ1) is 26.1. The van der Waals surface area contributed by atoms with Crippen LogP contribution in [0.15, 0.2) is 42.6 Å². The number of alkyl halides is 3. The molecule has 198 valence electrons. The number of anilines is 2. The summed E-state index contributed by atoms with van der Waals surface area (Å²) < 4.78 is 59.1. The molecule has 1 aromatic heterocycles. The van der Waals surface area contributed by atoms with Crippen molar-refractivity contribution in [2.75, 3.05) is 32.0 Å². The van der Waals surface area contributed by atoms with E-state index >= 15 is 0 Å². The molecule has 0 spiro atoms. The molecule has 9 nitrogen and oxygen atoms in total. The largest absolute Gasteiger partial charge is 0.493 e. The molecule has 2 aromatic carbocycles. The minimum atomic E-state index is -4.62. The Kier molecular flexibility index (Phi) is 7.21. The predicted molar refractivity (Wildman–Crippen MR) is 129 cm³/mol. The number of ether oxygens (including phenoxy) is 3. The maximum absolute atomic E-state index is 14.1. The maximum atomic E-state index is 14.1. The number of methoxy groups -OCH3 is 3. The quantitative estimate of drug-likeness (QED) is 0.408. The molecule has 3 aromatic rings. The van der Waals surface area contributed by atoms with Crippen molar-refractivity contribution in [3.05, 3.63) is 59.3 Å². The fourth-order valence-corrected chi connectivity index (χ4v) is 4.29. The number of aliphatic hydroxyl groups is 1. The number of fused-ring (bicyclic) bond motifs is 1. The third kappa shape index (κ3) is 5.15. The second-order valence-electron chi connectivity index (χ2n) is 8.55. The summed E-state index contributed by atoms with van der Waals surface area (Å²) in [5.41, 5.74) is 1.48. The van der Waals surface area contributed by atoms with Gasteiger partial charge in [0, 0.05) is 12.1 Å². The molecule has 0 saturated heterocycles. The zero-order valence-electron chi connectivity index (χ0n) is 20.6. The highest BCUT2D eigenvalue weighted by molar-refractivity contribution is 6.07. The van der Waals surface area contributed by atoms with Gasteiger partial charge in [0.15, 0.2) is 17.5 Å². The van der Waals surface area contributed by atoms with Crippen LogP contribution < -0.4 is 24.8 Å². The van der Waals surface area contributed by atoms with Gasteiger partial charge >= 0.3 is 6.18 Å². The molecular formula is C25H27F3N4O5. The lowest BCUT2D eigenvalue weighted by Crippen LogP contribution is -2.36. The lowest BCUT2D eigenvalue weighted by molar-refractivity contribution is -0.173. The number of carbonyl (C=O) groups is 1. The summed E-state index contributed by atoms with van der Waals surface area (Å²) in [6.45, 7) is 1.61. The number of halogens is 3. The minimum Gasteiger partial charge on any atom is -0.493 e. The first-order valence-corrected chi connectivity index (χ1v) is 11.4. The number of aromatic nitrogens is 2. The van der Waals surface area contributed by atoms with Crippen molar-refractivity contribution in [3.63, 3.8) is 0 Å². The molecule has 0 unspecified atom stereocenters. The molecule has 0 bridgehead atoms. The monoisotopic (exact) mass is 520 g/mol. The number of nitrogens with zero attached hydrogens (tertiary/aromatic N) is 2. The van der Waals surface area contributed by atoms with Crippen molar-refractivity contribution in [1.82, 2.24) is 9.78 Å². The van der Waals surface area contributed by atoms with Gasteiger partial charge in [-0.05, 0) is 42.3 Å². The molecule has 1 aliphatic rings. The van der Waals surface area contributed by atoms with Gasteiger partial charge in [-0.3, -0.25) is 4.79 Å². The Balaban J connectivity index is 1.70. The van der Waals surface area contributed by atoms with Crippen LogP contribution >= 0.6 is 0 Å². The molecule has 0 fully saturated rings. The van der Waals surface area contributed by atoms with Crippen molar-refractivity contribution in [2.24, 2.45) is 0 Å². The van der Waals surface area contributed by atoms with E-state index in [1.165, 1.54) is 21.3 Å². The second-order valence-corrected chi connectivity index (χ2v) is 8.55. The van der Waals surface area contributed by atoms with Gasteiger partial charge in [-0.15, -0.1) is 0 Å². The summed E-state index contributed by atoms with van der Waals surface area (Å²) in [7, 11) is 4.26. The van der Waals surface area contributed by atoms with E-state index in [0.717, 1.165) is 10.9 Å². The van der Waals surface area contributed by atoms with Crippen molar-refractivity contribution in [2.45, 2.75) is 37.7 Å². The Bertz CT molecular complexity index is 1250. The fraction of sp³-hybridized carbons (Fsp3) is 0.360. The molecule has 1 aliphatic heterocycles. The zero-order chi connectivity index (χ0) is 26.9. The van der Waals surface area contributed by atoms with Crippen LogP contribution in [-0.2, 0) is 0 Å². The lowest BCUT2D eigenvalue weighted by Gasteiger charge is -2.34. The number of carbonyl (C=O) groups excluding carboxylic acids is 1. The van der Waals surface area contributed by atoms with Gasteiger partial charge in [0.05, 0.1) is 39.7 Å². The van der Waals surface area contributed by atoms with Crippen LogP contribution in [0, 0.1) is 0 Å². The predicted octanol–water partition coefficient (Wildman–Crippen LogP) is 4.87. The smallest absolute Gasteiger partial charge is 0.410 e. The standard InChI is InChI=1S/C25H27F3N4O5/c1-13(33)14-5-7-16(8-6-14)30-24(34)17-12-29-32-21(25(26,27)28)11-18(31-23(17)32)15-9-19(35-2)22(37-4)20(10-15)36-3/h5-10,12-13,18,21,31,33H,11H2,1-4H3,(H,30,34)/t13-,18+,21+/m1/s1. The summed E-state index contributed by atoms with van der Waals surface area (Å²) in [4.78, 5) is 13.1. The van der Waals surface area contributed by atoms with Gasteiger partial charge in [0.1, 0.15) is 11.4 Å². The van der Waals surface area contributed by atoms with Gasteiger partial charge in [0.25, 0.3) is 5.91 Å². The van der Waals surface area contributed by atoms with Crippen molar-refractivity contribution in [3.8, 4) is 17.2 Å². The number of rotatable bonds is 7. The van der Waals surface area contributed by atoms with Gasteiger partial charge in [-0.25, -0.2) is 4.68 Å². The Morgan fingerprint density at radius 2 is 1.76 bits per heavy atom. The summed E-state index contributed by atoms with van der Waals surface area (Å²) in [5, 5.41) is 19.3. The molecule has 3 N–H and O–H groups in total. The van der Waals surface area contributed by atoms with E-state index in [4.69, 9.17) is 14.2 Å². The minimum absolute atomic E-state index is 0.0500. The Labute approximate surface area is 211 Å². The van der Waals surface area contributed by atoms with Gasteiger partial charge in [-0.2, -0.15) is 18.3 Å². The normalized spacial score (nSPS) is 17.8. The lowest BCUT2D eigenvalue weighted by atomic mass is 9.95. The number of nitrogens with one attached hydrogen (secondary N) is 2. The third-order valence-electron chi connectivity index (χ3n) is 6.22. The Morgan fingerprint density at radius 1 is 1.14 bits per heavy atom. The van der Waals surface area contributed by atoms with E-state index in [9.17, 15) is 23.1 Å². The highest BCUT2D eigenvalue weighted by Crippen LogP contribution is 2.47. The van der Waals surface area contributed by atoms with Crippen LogP contribution in [0.25, 0.3) is 0 Å². The summed E-state index contributed by atoms with van der Waals surface area (Å²) in [6.07, 6.45) is -4.56. The van der Waals surface area contributed by atoms with Crippen LogP contribution in [0.4, 0.5) is 24.7 Å². The molecular weight excluding hydrogens is 493 g/mol. The molecule has 0 saturated carbocycles. The number of hydrogen-bond donors (Lipinski definition) is 3. The van der Waals surface area contributed by atoms with Gasteiger partial charge in [0.2, 0.25) is 5.75 Å². The SMILES string of the molecule is COc1cc([C@@H]2C[C@@H](C(F)(F)F)n3ncc(C(=O)Nc4ccc([C@@H](C)O)cc4)c3N2)cc(OC)c1OC. The number of benzene rings is 2. The van der Waals surface area contributed by atoms with Gasteiger partial charge in [-0.1, -0.05) is 12.1 Å². The van der Waals surface area contributed by atoms with E-state index in [-0.39, 0.29) is 17.8 Å². The molecule has 3 atom stereocenters. The molecule has 37 heavy (non-hydrogen) atoms. The van der Waals surface area contributed by atoms with Crippen LogP contribution in [-0.4, -0.2) is 48.3 Å². The first-order valence-electron chi connectivity index (χ1n) is 11.4. The second kappa shape index (κ2) is 10.2. The molecule has 1 amide bonds. The summed E-state index contributed by atoms with van der Waals surface area (Å²) >= 11 is 0. The molecule has 0 aliphatic carbocycles. The van der Waals surface area contributed by atoms with Crippen molar-refractivity contribution in [1.29, 1.82) is 0 Å². The Hall–Kier alpha value is -3.93.